The van der Waals surface area contributed by atoms with Gasteiger partial charge in [-0.25, -0.2) is 15.0 Å². The van der Waals surface area contributed by atoms with Crippen molar-refractivity contribution in [2.75, 3.05) is 0 Å². The summed E-state index contributed by atoms with van der Waals surface area (Å²) in [5, 5.41) is 1.08. The molecule has 0 amide bonds. The number of hydrogen-bond acceptors (Lipinski definition) is 5. The third-order valence-electron chi connectivity index (χ3n) is 2.10. The minimum absolute atomic E-state index is 0.120. The molecule has 82 valence electrons. The Hall–Kier alpha value is -1.69. The van der Waals surface area contributed by atoms with E-state index in [0.29, 0.717) is 15.9 Å². The fraction of sp³-hybridized carbons (Fsp3) is 0.200. The molecule has 5 nitrogen and oxygen atoms in total. The zero-order valence-electron chi connectivity index (χ0n) is 8.89. The molecular weight excluding hydrogens is 224 g/mol. The van der Waals surface area contributed by atoms with Crippen molar-refractivity contribution in [2.24, 2.45) is 0 Å². The van der Waals surface area contributed by atoms with Crippen molar-refractivity contribution in [1.82, 2.24) is 19.9 Å². The topological polar surface area (TPSA) is 71.5 Å². The maximum absolute atomic E-state index is 11.5. The Morgan fingerprint density at radius 3 is 2.56 bits per heavy atom. The van der Waals surface area contributed by atoms with Crippen molar-refractivity contribution in [3.05, 3.63) is 40.1 Å². The molecule has 2 rings (SSSR count). The third kappa shape index (κ3) is 2.27. The first-order valence-corrected chi connectivity index (χ1v) is 5.51. The molecule has 6 heteroatoms. The maximum atomic E-state index is 11.5. The van der Waals surface area contributed by atoms with Crippen LogP contribution in [0.3, 0.4) is 0 Å². The van der Waals surface area contributed by atoms with Gasteiger partial charge in [-0.15, -0.1) is 0 Å². The van der Waals surface area contributed by atoms with Crippen LogP contribution < -0.4 is 5.56 Å². The van der Waals surface area contributed by atoms with Gasteiger partial charge in [-0.05, 0) is 31.7 Å². The predicted octanol–water partition coefficient (Wildman–Crippen LogP) is 1.33. The average Bonchev–Trinajstić information content (AvgIpc) is 2.27. The number of H-pyrrole nitrogens is 1. The second-order valence-electron chi connectivity index (χ2n) is 3.21. The van der Waals surface area contributed by atoms with Crippen LogP contribution in [0.25, 0.3) is 0 Å². The zero-order valence-corrected chi connectivity index (χ0v) is 9.71. The second kappa shape index (κ2) is 4.44. The van der Waals surface area contributed by atoms with E-state index in [1.807, 2.05) is 0 Å². The molecule has 0 fully saturated rings. The van der Waals surface area contributed by atoms with Crippen LogP contribution in [-0.4, -0.2) is 19.9 Å². The van der Waals surface area contributed by atoms with Gasteiger partial charge in [0, 0.05) is 23.7 Å². The van der Waals surface area contributed by atoms with Crippen molar-refractivity contribution in [2.45, 2.75) is 24.2 Å². The Balaban J connectivity index is 2.33. The quantitative estimate of drug-likeness (QED) is 0.794. The number of aromatic nitrogens is 4. The summed E-state index contributed by atoms with van der Waals surface area (Å²) < 4.78 is 0. The first kappa shape index (κ1) is 10.8. The van der Waals surface area contributed by atoms with Gasteiger partial charge in [0.2, 0.25) is 0 Å². The van der Waals surface area contributed by atoms with Crippen LogP contribution in [0, 0.1) is 13.8 Å². The summed E-state index contributed by atoms with van der Waals surface area (Å²) in [4.78, 5) is 26.5. The number of nitrogens with one attached hydrogen (secondary N) is 1. The molecule has 0 radical (unpaired) electrons. The Morgan fingerprint density at radius 2 is 1.94 bits per heavy atom. The predicted molar refractivity (Wildman–Crippen MR) is 60.5 cm³/mol. The number of hydrogen-bond donors (Lipinski definition) is 1. The highest BCUT2D eigenvalue weighted by Gasteiger charge is 2.06. The van der Waals surface area contributed by atoms with E-state index in [2.05, 4.69) is 19.9 Å². The van der Waals surface area contributed by atoms with E-state index in [0.717, 1.165) is 5.69 Å². The maximum Gasteiger partial charge on any atom is 0.254 e. The molecule has 2 aromatic heterocycles. The number of aromatic amines is 1. The van der Waals surface area contributed by atoms with Crippen molar-refractivity contribution >= 4 is 11.8 Å². The molecule has 1 N–H and O–H groups in total. The summed E-state index contributed by atoms with van der Waals surface area (Å²) in [5.41, 5.74) is 1.24. The van der Waals surface area contributed by atoms with Crippen LogP contribution in [0.4, 0.5) is 0 Å². The van der Waals surface area contributed by atoms with Gasteiger partial charge in [-0.1, -0.05) is 0 Å². The number of nitrogens with zero attached hydrogens (tertiary/aromatic N) is 3. The van der Waals surface area contributed by atoms with Gasteiger partial charge in [0.1, 0.15) is 0 Å². The summed E-state index contributed by atoms with van der Waals surface area (Å²) in [6.45, 7) is 3.55. The molecule has 0 bridgehead atoms. The highest BCUT2D eigenvalue weighted by Crippen LogP contribution is 2.19. The molecule has 0 atom stereocenters. The zero-order chi connectivity index (χ0) is 11.5. The fourth-order valence-electron chi connectivity index (χ4n) is 1.09. The van der Waals surface area contributed by atoms with Gasteiger partial charge in [-0.2, -0.15) is 0 Å². The lowest BCUT2D eigenvalue weighted by atomic mass is 10.3. The van der Waals surface area contributed by atoms with Crippen LogP contribution in [-0.2, 0) is 0 Å². The minimum atomic E-state index is -0.120. The molecule has 2 aromatic rings. The monoisotopic (exact) mass is 234 g/mol. The van der Waals surface area contributed by atoms with E-state index in [-0.39, 0.29) is 5.56 Å². The van der Waals surface area contributed by atoms with E-state index in [9.17, 15) is 4.79 Å². The molecule has 0 unspecified atom stereocenters. The third-order valence-corrected chi connectivity index (χ3v) is 2.88. The summed E-state index contributed by atoms with van der Waals surface area (Å²) in [5.74, 6) is 0. The van der Waals surface area contributed by atoms with Gasteiger partial charge in [0.25, 0.3) is 5.56 Å². The second-order valence-corrected chi connectivity index (χ2v) is 4.17. The Kier molecular flexibility index (Phi) is 3.00. The SMILES string of the molecule is Cc1nc(Sc2ncccn2)[nH]c(=O)c1C. The smallest absolute Gasteiger partial charge is 0.254 e. The highest BCUT2D eigenvalue weighted by atomic mass is 32.2. The average molecular weight is 234 g/mol. The van der Waals surface area contributed by atoms with Crippen molar-refractivity contribution in [3.63, 3.8) is 0 Å². The van der Waals surface area contributed by atoms with Crippen LogP contribution in [0.15, 0.2) is 33.6 Å². The normalized spacial score (nSPS) is 10.4. The molecule has 0 aliphatic heterocycles. The van der Waals surface area contributed by atoms with Gasteiger partial charge >= 0.3 is 0 Å². The van der Waals surface area contributed by atoms with Crippen LogP contribution in [0.5, 0.6) is 0 Å². The Bertz CT molecular complexity index is 552. The fourth-order valence-corrected chi connectivity index (χ4v) is 1.82. The molecule has 0 aliphatic rings. The standard InChI is InChI=1S/C10H10N4OS/c1-6-7(2)13-10(14-8(6)15)16-9-11-4-3-5-12-9/h3-5H,1-2H3,(H,13,14,15). The lowest BCUT2D eigenvalue weighted by molar-refractivity contribution is 0.872. The summed E-state index contributed by atoms with van der Waals surface area (Å²) in [6, 6.07) is 1.74. The molecule has 2 heterocycles. The molecule has 0 spiro atoms. The Labute approximate surface area is 96.4 Å². The molecule has 0 saturated heterocycles. The molecule has 0 saturated carbocycles. The van der Waals surface area contributed by atoms with Crippen molar-refractivity contribution in [3.8, 4) is 0 Å². The Morgan fingerprint density at radius 1 is 1.25 bits per heavy atom. The summed E-state index contributed by atoms with van der Waals surface area (Å²) >= 11 is 1.24. The van der Waals surface area contributed by atoms with Crippen molar-refractivity contribution in [1.29, 1.82) is 0 Å². The van der Waals surface area contributed by atoms with Crippen molar-refractivity contribution < 1.29 is 0 Å². The highest BCUT2D eigenvalue weighted by molar-refractivity contribution is 7.99. The summed E-state index contributed by atoms with van der Waals surface area (Å²) in [7, 11) is 0. The van der Waals surface area contributed by atoms with Gasteiger partial charge in [-0.3, -0.25) is 4.79 Å². The van der Waals surface area contributed by atoms with Gasteiger partial charge in [0.05, 0.1) is 0 Å². The van der Waals surface area contributed by atoms with E-state index in [1.54, 1.807) is 32.3 Å². The molecule has 16 heavy (non-hydrogen) atoms. The molecule has 0 aliphatic carbocycles. The number of aryl methyl sites for hydroxylation is 1. The van der Waals surface area contributed by atoms with Crippen LogP contribution in [0.1, 0.15) is 11.3 Å². The van der Waals surface area contributed by atoms with Crippen LogP contribution in [0.2, 0.25) is 0 Å². The molecular formula is C10H10N4OS. The minimum Gasteiger partial charge on any atom is -0.301 e. The lowest BCUT2D eigenvalue weighted by Crippen LogP contribution is -2.14. The van der Waals surface area contributed by atoms with E-state index in [1.165, 1.54) is 11.8 Å². The van der Waals surface area contributed by atoms with E-state index in [4.69, 9.17) is 0 Å². The number of rotatable bonds is 2. The largest absolute Gasteiger partial charge is 0.301 e. The van der Waals surface area contributed by atoms with Gasteiger partial charge in [0.15, 0.2) is 10.3 Å². The van der Waals surface area contributed by atoms with E-state index < -0.39 is 0 Å². The van der Waals surface area contributed by atoms with Gasteiger partial charge < -0.3 is 4.98 Å². The van der Waals surface area contributed by atoms with E-state index >= 15 is 0 Å². The molecule has 0 aromatic carbocycles. The summed E-state index contributed by atoms with van der Waals surface area (Å²) in [6.07, 6.45) is 3.29. The first-order valence-electron chi connectivity index (χ1n) is 4.69. The first-order chi connectivity index (χ1) is 7.66. The lowest BCUT2D eigenvalue weighted by Gasteiger charge is -2.02. The van der Waals surface area contributed by atoms with Crippen LogP contribution >= 0.6 is 11.8 Å².